The molecular weight excluding hydrogens is 285 g/mol. The van der Waals surface area contributed by atoms with Gasteiger partial charge in [0.25, 0.3) is 0 Å². The monoisotopic (exact) mass is 290 g/mol. The van der Waals surface area contributed by atoms with Crippen LogP contribution in [0, 0.1) is 0 Å². The molecule has 0 aromatic carbocycles. The van der Waals surface area contributed by atoms with Crippen LogP contribution in [-0.2, 0) is 14.9 Å². The van der Waals surface area contributed by atoms with Crippen molar-refractivity contribution in [2.45, 2.75) is 5.51 Å². The van der Waals surface area contributed by atoms with Crippen LogP contribution in [0.3, 0.4) is 0 Å². The minimum atomic E-state index is -5.72. The van der Waals surface area contributed by atoms with Gasteiger partial charge in [-0.05, 0) is 0 Å². The molecule has 0 aliphatic rings. The summed E-state index contributed by atoms with van der Waals surface area (Å²) in [6.07, 6.45) is 0. The number of ether oxygens (including phenoxy) is 1. The molecule has 0 atom stereocenters. The molecule has 96 valence electrons. The topological polar surface area (TPSA) is 69.7 Å². The Morgan fingerprint density at radius 3 is 2.47 bits per heavy atom. The van der Waals surface area contributed by atoms with Gasteiger partial charge in [-0.25, -0.2) is 4.79 Å². The van der Waals surface area contributed by atoms with Crippen molar-refractivity contribution >= 4 is 27.4 Å². The van der Waals surface area contributed by atoms with Gasteiger partial charge in [-0.15, -0.1) is 11.3 Å². The highest BCUT2D eigenvalue weighted by molar-refractivity contribution is 7.88. The standard InChI is InChI=1S/C7H5F3O5S2/c1-14-6(11)5-2-4(3-16-5)15-17(12,13)7(8,9)10/h2-3H,1H3. The second-order valence-corrected chi connectivity index (χ2v) is 5.07. The van der Waals surface area contributed by atoms with Crippen LogP contribution in [0.5, 0.6) is 5.75 Å². The number of hydrogen-bond acceptors (Lipinski definition) is 6. The molecule has 0 spiro atoms. The fourth-order valence-corrected chi connectivity index (χ4v) is 1.97. The van der Waals surface area contributed by atoms with E-state index in [1.807, 2.05) is 0 Å². The highest BCUT2D eigenvalue weighted by atomic mass is 32.2. The van der Waals surface area contributed by atoms with Gasteiger partial charge in [-0.1, -0.05) is 0 Å². The van der Waals surface area contributed by atoms with E-state index in [0.717, 1.165) is 18.6 Å². The summed E-state index contributed by atoms with van der Waals surface area (Å²) in [5, 5.41) is 0.954. The third-order valence-corrected chi connectivity index (χ3v) is 3.32. The average Bonchev–Trinajstić information content (AvgIpc) is 2.62. The molecule has 0 saturated heterocycles. The van der Waals surface area contributed by atoms with Gasteiger partial charge in [-0.3, -0.25) is 0 Å². The normalized spacial score (nSPS) is 12.2. The van der Waals surface area contributed by atoms with Crippen molar-refractivity contribution in [1.29, 1.82) is 0 Å². The fourth-order valence-electron chi connectivity index (χ4n) is 0.744. The van der Waals surface area contributed by atoms with Crippen molar-refractivity contribution in [3.63, 3.8) is 0 Å². The number of halogens is 3. The molecule has 0 aliphatic carbocycles. The van der Waals surface area contributed by atoms with E-state index in [9.17, 15) is 26.4 Å². The van der Waals surface area contributed by atoms with Crippen LogP contribution < -0.4 is 4.18 Å². The lowest BCUT2D eigenvalue weighted by Crippen LogP contribution is -2.27. The molecule has 1 aromatic heterocycles. The lowest BCUT2D eigenvalue weighted by molar-refractivity contribution is -0.0499. The molecule has 5 nitrogen and oxygen atoms in total. The third-order valence-electron chi connectivity index (χ3n) is 1.45. The van der Waals surface area contributed by atoms with Gasteiger partial charge in [0.05, 0.1) is 7.11 Å². The summed E-state index contributed by atoms with van der Waals surface area (Å²) in [6, 6.07) is 0.847. The Hall–Kier alpha value is -1.29. The van der Waals surface area contributed by atoms with Crippen LogP contribution >= 0.6 is 11.3 Å². The highest BCUT2D eigenvalue weighted by Gasteiger charge is 2.48. The summed E-state index contributed by atoms with van der Waals surface area (Å²) in [5.41, 5.74) is -5.51. The average molecular weight is 290 g/mol. The zero-order chi connectivity index (χ0) is 13.3. The molecule has 0 saturated carbocycles. The molecule has 10 heteroatoms. The highest BCUT2D eigenvalue weighted by Crippen LogP contribution is 2.29. The van der Waals surface area contributed by atoms with E-state index in [-0.39, 0.29) is 4.88 Å². The first-order chi connectivity index (χ1) is 7.67. The van der Waals surface area contributed by atoms with E-state index in [1.54, 1.807) is 0 Å². The summed E-state index contributed by atoms with van der Waals surface area (Å²) in [7, 11) is -4.64. The molecule has 0 amide bonds. The van der Waals surface area contributed by atoms with E-state index in [2.05, 4.69) is 8.92 Å². The SMILES string of the molecule is COC(=O)c1cc(OS(=O)(=O)C(F)(F)F)cs1. The molecule has 1 rings (SSSR count). The van der Waals surface area contributed by atoms with Crippen LogP contribution in [0.25, 0.3) is 0 Å². The van der Waals surface area contributed by atoms with Crippen LogP contribution in [0.2, 0.25) is 0 Å². The zero-order valence-corrected chi connectivity index (χ0v) is 9.78. The van der Waals surface area contributed by atoms with Crippen LogP contribution in [0.4, 0.5) is 13.2 Å². The maximum Gasteiger partial charge on any atom is 0.534 e. The van der Waals surface area contributed by atoms with Gasteiger partial charge in [-0.2, -0.15) is 21.6 Å². The molecule has 0 unspecified atom stereocenters. The molecule has 0 N–H and O–H groups in total. The number of thiophene rings is 1. The van der Waals surface area contributed by atoms with Gasteiger partial charge in [0.1, 0.15) is 4.88 Å². The minimum absolute atomic E-state index is 0.0696. The predicted molar refractivity (Wildman–Crippen MR) is 51.3 cm³/mol. The Balaban J connectivity index is 2.91. The van der Waals surface area contributed by atoms with Crippen LogP contribution in [-0.4, -0.2) is 27.0 Å². The molecule has 0 bridgehead atoms. The van der Waals surface area contributed by atoms with E-state index in [1.165, 1.54) is 0 Å². The quantitative estimate of drug-likeness (QED) is 0.482. The number of methoxy groups -OCH3 is 1. The minimum Gasteiger partial charge on any atom is -0.465 e. The zero-order valence-electron chi connectivity index (χ0n) is 8.15. The Morgan fingerprint density at radius 2 is 2.00 bits per heavy atom. The fraction of sp³-hybridized carbons (Fsp3) is 0.286. The smallest absolute Gasteiger partial charge is 0.465 e. The second-order valence-electron chi connectivity index (χ2n) is 2.62. The maximum absolute atomic E-state index is 11.9. The number of esters is 1. The summed E-state index contributed by atoms with van der Waals surface area (Å²) in [5.74, 6) is -1.39. The number of alkyl halides is 3. The molecule has 0 fully saturated rings. The number of carbonyl (C=O) groups excluding carboxylic acids is 1. The summed E-state index contributed by atoms with van der Waals surface area (Å²) in [4.78, 5) is 10.9. The van der Waals surface area contributed by atoms with Crippen molar-refractivity contribution in [2.75, 3.05) is 7.11 Å². The van der Waals surface area contributed by atoms with E-state index in [0.29, 0.717) is 11.3 Å². The van der Waals surface area contributed by atoms with Gasteiger partial charge in [0.15, 0.2) is 5.75 Å². The lowest BCUT2D eigenvalue weighted by atomic mass is 10.4. The van der Waals surface area contributed by atoms with Crippen molar-refractivity contribution < 1.29 is 35.3 Å². The molecule has 1 aromatic rings. The lowest BCUT2D eigenvalue weighted by Gasteiger charge is -2.07. The van der Waals surface area contributed by atoms with Crippen molar-refractivity contribution in [3.05, 3.63) is 16.3 Å². The van der Waals surface area contributed by atoms with Gasteiger partial charge in [0, 0.05) is 11.4 Å². The number of rotatable bonds is 3. The second kappa shape index (κ2) is 4.53. The Labute approximate surface area is 97.9 Å². The maximum atomic E-state index is 11.9. The Morgan fingerprint density at radius 1 is 1.41 bits per heavy atom. The van der Waals surface area contributed by atoms with Gasteiger partial charge >= 0.3 is 21.6 Å². The van der Waals surface area contributed by atoms with Crippen molar-refractivity contribution in [2.24, 2.45) is 0 Å². The van der Waals surface area contributed by atoms with Gasteiger partial charge in [0.2, 0.25) is 0 Å². The first kappa shape index (κ1) is 13.8. The van der Waals surface area contributed by atoms with E-state index < -0.39 is 27.3 Å². The van der Waals surface area contributed by atoms with Crippen LogP contribution in [0.1, 0.15) is 9.67 Å². The molecule has 0 aliphatic heterocycles. The summed E-state index contributed by atoms with van der Waals surface area (Å²) < 4.78 is 65.2. The number of carbonyl (C=O) groups is 1. The molecular formula is C7H5F3O5S2. The first-order valence-electron chi connectivity index (χ1n) is 3.85. The first-order valence-corrected chi connectivity index (χ1v) is 6.14. The third kappa shape index (κ3) is 3.09. The molecule has 0 radical (unpaired) electrons. The van der Waals surface area contributed by atoms with Gasteiger partial charge < -0.3 is 8.92 Å². The predicted octanol–water partition coefficient (Wildman–Crippen LogP) is 1.76. The van der Waals surface area contributed by atoms with Crippen molar-refractivity contribution in [3.8, 4) is 5.75 Å². The Bertz CT molecular complexity index is 516. The van der Waals surface area contributed by atoms with E-state index in [4.69, 9.17) is 0 Å². The Kier molecular flexibility index (Phi) is 3.67. The molecule has 17 heavy (non-hydrogen) atoms. The summed E-state index contributed by atoms with van der Waals surface area (Å²) >= 11 is 0.702. The van der Waals surface area contributed by atoms with Crippen molar-refractivity contribution in [1.82, 2.24) is 0 Å². The molecule has 1 heterocycles. The number of hydrogen-bond donors (Lipinski definition) is 0. The van der Waals surface area contributed by atoms with E-state index >= 15 is 0 Å². The van der Waals surface area contributed by atoms with Crippen LogP contribution in [0.15, 0.2) is 11.4 Å². The summed E-state index contributed by atoms with van der Waals surface area (Å²) in [6.45, 7) is 0. The largest absolute Gasteiger partial charge is 0.534 e.